The van der Waals surface area contributed by atoms with E-state index in [1.807, 2.05) is 7.05 Å². The zero-order valence-corrected chi connectivity index (χ0v) is 7.98. The normalized spacial score (nSPS) is 30.5. The van der Waals surface area contributed by atoms with Crippen LogP contribution < -0.4 is 5.32 Å². The molecule has 1 rings (SSSR count). The Morgan fingerprint density at radius 3 is 2.50 bits per heavy atom. The fourth-order valence-corrected chi connectivity index (χ4v) is 1.98. The summed E-state index contributed by atoms with van der Waals surface area (Å²) in [5, 5.41) is 3.14. The SMILES string of the molecule is CNCCCC1CCC(F)CC1. The van der Waals surface area contributed by atoms with E-state index in [9.17, 15) is 4.39 Å². The Morgan fingerprint density at radius 2 is 1.92 bits per heavy atom. The minimum atomic E-state index is -0.495. The molecule has 2 heteroatoms. The van der Waals surface area contributed by atoms with Crippen LogP contribution in [0.25, 0.3) is 0 Å². The summed E-state index contributed by atoms with van der Waals surface area (Å²) in [6, 6.07) is 0. The number of halogens is 1. The second-order valence-corrected chi connectivity index (χ2v) is 3.86. The molecule has 1 aliphatic carbocycles. The highest BCUT2D eigenvalue weighted by molar-refractivity contribution is 4.71. The van der Waals surface area contributed by atoms with Crippen LogP contribution in [0.4, 0.5) is 4.39 Å². The van der Waals surface area contributed by atoms with E-state index in [-0.39, 0.29) is 0 Å². The highest BCUT2D eigenvalue weighted by Crippen LogP contribution is 2.28. The van der Waals surface area contributed by atoms with Gasteiger partial charge in [-0.05, 0) is 58.0 Å². The minimum Gasteiger partial charge on any atom is -0.320 e. The van der Waals surface area contributed by atoms with Gasteiger partial charge in [-0.25, -0.2) is 4.39 Å². The molecule has 1 aliphatic rings. The lowest BCUT2D eigenvalue weighted by atomic mass is 9.85. The largest absolute Gasteiger partial charge is 0.320 e. The Bertz CT molecular complexity index is 108. The summed E-state index contributed by atoms with van der Waals surface area (Å²) in [5.74, 6) is 0.811. The summed E-state index contributed by atoms with van der Waals surface area (Å²) < 4.78 is 12.7. The van der Waals surface area contributed by atoms with Gasteiger partial charge < -0.3 is 5.32 Å². The Hall–Kier alpha value is -0.110. The van der Waals surface area contributed by atoms with E-state index in [0.717, 1.165) is 38.1 Å². The van der Waals surface area contributed by atoms with Crippen LogP contribution >= 0.6 is 0 Å². The van der Waals surface area contributed by atoms with E-state index < -0.39 is 6.17 Å². The van der Waals surface area contributed by atoms with Crippen LogP contribution in [-0.4, -0.2) is 19.8 Å². The molecule has 72 valence electrons. The second kappa shape index (κ2) is 5.52. The average molecular weight is 173 g/mol. The van der Waals surface area contributed by atoms with Crippen molar-refractivity contribution in [1.29, 1.82) is 0 Å². The van der Waals surface area contributed by atoms with E-state index in [0.29, 0.717) is 0 Å². The zero-order valence-electron chi connectivity index (χ0n) is 7.98. The molecular weight excluding hydrogens is 153 g/mol. The molecular formula is C10H20FN. The Labute approximate surface area is 74.7 Å². The Balaban J connectivity index is 2.01. The van der Waals surface area contributed by atoms with Crippen molar-refractivity contribution in [3.63, 3.8) is 0 Å². The molecule has 0 amide bonds. The van der Waals surface area contributed by atoms with Crippen molar-refractivity contribution in [1.82, 2.24) is 5.32 Å². The van der Waals surface area contributed by atoms with Crippen molar-refractivity contribution in [3.05, 3.63) is 0 Å². The predicted molar refractivity (Wildman–Crippen MR) is 50.0 cm³/mol. The topological polar surface area (TPSA) is 12.0 Å². The third-order valence-electron chi connectivity index (χ3n) is 2.82. The third kappa shape index (κ3) is 3.53. The quantitative estimate of drug-likeness (QED) is 0.644. The third-order valence-corrected chi connectivity index (χ3v) is 2.82. The van der Waals surface area contributed by atoms with Crippen LogP contribution in [0.3, 0.4) is 0 Å². The van der Waals surface area contributed by atoms with Gasteiger partial charge in [-0.2, -0.15) is 0 Å². The first-order valence-electron chi connectivity index (χ1n) is 5.11. The molecule has 1 nitrogen and oxygen atoms in total. The standard InChI is InChI=1S/C10H20FN/c1-12-8-2-3-9-4-6-10(11)7-5-9/h9-10,12H,2-8H2,1H3. The summed E-state index contributed by atoms with van der Waals surface area (Å²) in [6.45, 7) is 1.11. The molecule has 0 unspecified atom stereocenters. The first-order chi connectivity index (χ1) is 5.83. The molecule has 0 aromatic carbocycles. The van der Waals surface area contributed by atoms with Crippen LogP contribution in [0.1, 0.15) is 38.5 Å². The van der Waals surface area contributed by atoms with Crippen LogP contribution in [0.15, 0.2) is 0 Å². The van der Waals surface area contributed by atoms with Gasteiger partial charge in [0.15, 0.2) is 0 Å². The molecule has 1 saturated carbocycles. The van der Waals surface area contributed by atoms with Crippen LogP contribution in [-0.2, 0) is 0 Å². The molecule has 0 spiro atoms. The molecule has 0 atom stereocenters. The van der Waals surface area contributed by atoms with Crippen molar-refractivity contribution < 1.29 is 4.39 Å². The fourth-order valence-electron chi connectivity index (χ4n) is 1.98. The zero-order chi connectivity index (χ0) is 8.81. The Morgan fingerprint density at radius 1 is 1.25 bits per heavy atom. The van der Waals surface area contributed by atoms with Gasteiger partial charge in [0.2, 0.25) is 0 Å². The summed E-state index contributed by atoms with van der Waals surface area (Å²) >= 11 is 0. The van der Waals surface area contributed by atoms with Crippen molar-refractivity contribution in [3.8, 4) is 0 Å². The number of hydrogen-bond acceptors (Lipinski definition) is 1. The fraction of sp³-hybridized carbons (Fsp3) is 1.00. The highest BCUT2D eigenvalue weighted by Gasteiger charge is 2.19. The van der Waals surface area contributed by atoms with Crippen LogP contribution in [0, 0.1) is 5.92 Å². The maximum absolute atomic E-state index is 12.7. The number of nitrogens with one attached hydrogen (secondary N) is 1. The smallest absolute Gasteiger partial charge is 0.100 e. The Kier molecular flexibility index (Phi) is 4.59. The minimum absolute atomic E-state index is 0.495. The molecule has 12 heavy (non-hydrogen) atoms. The van der Waals surface area contributed by atoms with Crippen molar-refractivity contribution >= 4 is 0 Å². The van der Waals surface area contributed by atoms with Gasteiger partial charge in [-0.3, -0.25) is 0 Å². The second-order valence-electron chi connectivity index (χ2n) is 3.86. The van der Waals surface area contributed by atoms with Crippen molar-refractivity contribution in [2.24, 2.45) is 5.92 Å². The summed E-state index contributed by atoms with van der Waals surface area (Å²) in [4.78, 5) is 0. The van der Waals surface area contributed by atoms with E-state index >= 15 is 0 Å². The van der Waals surface area contributed by atoms with E-state index in [2.05, 4.69) is 5.32 Å². The van der Waals surface area contributed by atoms with Gasteiger partial charge in [0.25, 0.3) is 0 Å². The lowest BCUT2D eigenvalue weighted by molar-refractivity contribution is 0.200. The van der Waals surface area contributed by atoms with E-state index in [4.69, 9.17) is 0 Å². The van der Waals surface area contributed by atoms with Crippen LogP contribution in [0.5, 0.6) is 0 Å². The summed E-state index contributed by atoms with van der Waals surface area (Å²) in [6.07, 6.45) is 5.89. The van der Waals surface area contributed by atoms with Gasteiger partial charge in [-0.15, -0.1) is 0 Å². The van der Waals surface area contributed by atoms with E-state index in [1.165, 1.54) is 12.8 Å². The van der Waals surface area contributed by atoms with Crippen LogP contribution in [0.2, 0.25) is 0 Å². The molecule has 0 heterocycles. The molecule has 1 N–H and O–H groups in total. The maximum Gasteiger partial charge on any atom is 0.100 e. The molecule has 0 aromatic rings. The van der Waals surface area contributed by atoms with Crippen molar-refractivity contribution in [2.45, 2.75) is 44.7 Å². The number of rotatable bonds is 4. The monoisotopic (exact) mass is 173 g/mol. The van der Waals surface area contributed by atoms with Gasteiger partial charge in [0, 0.05) is 0 Å². The maximum atomic E-state index is 12.7. The van der Waals surface area contributed by atoms with Gasteiger partial charge >= 0.3 is 0 Å². The summed E-state index contributed by atoms with van der Waals surface area (Å²) in [5.41, 5.74) is 0. The number of hydrogen-bond donors (Lipinski definition) is 1. The van der Waals surface area contributed by atoms with Gasteiger partial charge in [0.1, 0.15) is 6.17 Å². The molecule has 0 radical (unpaired) electrons. The van der Waals surface area contributed by atoms with Gasteiger partial charge in [0.05, 0.1) is 0 Å². The molecule has 0 bridgehead atoms. The highest BCUT2D eigenvalue weighted by atomic mass is 19.1. The molecule has 0 saturated heterocycles. The predicted octanol–water partition coefficient (Wildman–Crippen LogP) is 2.51. The first-order valence-corrected chi connectivity index (χ1v) is 5.11. The van der Waals surface area contributed by atoms with Gasteiger partial charge in [-0.1, -0.05) is 0 Å². The molecule has 0 aromatic heterocycles. The summed E-state index contributed by atoms with van der Waals surface area (Å²) in [7, 11) is 1.98. The molecule has 0 aliphatic heterocycles. The first kappa shape index (κ1) is 9.97. The lowest BCUT2D eigenvalue weighted by Crippen LogP contribution is -2.16. The molecule has 1 fully saturated rings. The lowest BCUT2D eigenvalue weighted by Gasteiger charge is -2.23. The van der Waals surface area contributed by atoms with E-state index in [1.54, 1.807) is 0 Å². The van der Waals surface area contributed by atoms with Crippen molar-refractivity contribution in [2.75, 3.05) is 13.6 Å². The average Bonchev–Trinajstić information content (AvgIpc) is 2.09. The number of alkyl halides is 1.